The zero-order valence-corrected chi connectivity index (χ0v) is 9.63. The predicted octanol–water partition coefficient (Wildman–Crippen LogP) is -0.677. The largest absolute Gasteiger partial charge is 0.549 e. The number of carbonyl (C=O) groups excluding carboxylic acids is 2. The van der Waals surface area contributed by atoms with Crippen molar-refractivity contribution in [3.8, 4) is 0 Å². The Morgan fingerprint density at radius 1 is 1.50 bits per heavy atom. The SMILES string of the molecule is Cc1oc(C(=O)[O-])cc1CS[C@H](C)C(=O)[O-]. The van der Waals surface area contributed by atoms with Gasteiger partial charge in [0, 0.05) is 16.6 Å². The highest BCUT2D eigenvalue weighted by molar-refractivity contribution is 7.99. The fraction of sp³-hybridized carbons (Fsp3) is 0.400. The molecular formula is C10H10O5S-2. The monoisotopic (exact) mass is 242 g/mol. The van der Waals surface area contributed by atoms with E-state index in [-0.39, 0.29) is 5.76 Å². The van der Waals surface area contributed by atoms with Crippen LogP contribution in [0.5, 0.6) is 0 Å². The molecule has 5 nitrogen and oxygen atoms in total. The maximum atomic E-state index is 10.5. The Labute approximate surface area is 96.5 Å². The molecule has 0 saturated heterocycles. The number of aryl methyl sites for hydroxylation is 1. The lowest BCUT2D eigenvalue weighted by Crippen LogP contribution is -2.31. The zero-order chi connectivity index (χ0) is 12.3. The predicted molar refractivity (Wildman–Crippen MR) is 53.5 cm³/mol. The summed E-state index contributed by atoms with van der Waals surface area (Å²) in [6, 6.07) is 1.35. The van der Waals surface area contributed by atoms with E-state index in [2.05, 4.69) is 0 Å². The van der Waals surface area contributed by atoms with Crippen molar-refractivity contribution in [3.05, 3.63) is 23.2 Å². The van der Waals surface area contributed by atoms with Gasteiger partial charge in [-0.2, -0.15) is 0 Å². The first-order valence-corrected chi connectivity index (χ1v) is 5.59. The third-order valence-electron chi connectivity index (χ3n) is 2.04. The van der Waals surface area contributed by atoms with Crippen molar-refractivity contribution < 1.29 is 24.2 Å². The Morgan fingerprint density at radius 2 is 2.12 bits per heavy atom. The van der Waals surface area contributed by atoms with Crippen LogP contribution in [0.1, 0.15) is 28.8 Å². The van der Waals surface area contributed by atoms with Crippen LogP contribution in [0, 0.1) is 6.92 Å². The lowest BCUT2D eigenvalue weighted by atomic mass is 10.3. The van der Waals surface area contributed by atoms with Gasteiger partial charge < -0.3 is 24.2 Å². The van der Waals surface area contributed by atoms with Gasteiger partial charge in [-0.3, -0.25) is 0 Å². The third-order valence-corrected chi connectivity index (χ3v) is 3.21. The van der Waals surface area contributed by atoms with E-state index in [4.69, 9.17) is 4.42 Å². The van der Waals surface area contributed by atoms with E-state index in [0.29, 0.717) is 17.1 Å². The summed E-state index contributed by atoms with van der Waals surface area (Å²) in [5.74, 6) is -1.96. The molecule has 0 saturated carbocycles. The second kappa shape index (κ2) is 5.07. The van der Waals surface area contributed by atoms with Gasteiger partial charge in [0.1, 0.15) is 17.5 Å². The van der Waals surface area contributed by atoms with E-state index < -0.39 is 17.2 Å². The van der Waals surface area contributed by atoms with Crippen molar-refractivity contribution in [1.29, 1.82) is 0 Å². The van der Waals surface area contributed by atoms with Gasteiger partial charge in [0.25, 0.3) is 0 Å². The maximum Gasteiger partial charge on any atom is 0.150 e. The Morgan fingerprint density at radius 3 is 2.56 bits per heavy atom. The van der Waals surface area contributed by atoms with Crippen molar-refractivity contribution in [2.24, 2.45) is 0 Å². The van der Waals surface area contributed by atoms with E-state index in [1.807, 2.05) is 0 Å². The molecule has 0 aliphatic heterocycles. The van der Waals surface area contributed by atoms with Gasteiger partial charge in [-0.25, -0.2) is 0 Å². The third kappa shape index (κ3) is 3.03. The van der Waals surface area contributed by atoms with Crippen LogP contribution >= 0.6 is 11.8 Å². The highest BCUT2D eigenvalue weighted by Crippen LogP contribution is 2.22. The summed E-state index contributed by atoms with van der Waals surface area (Å²) in [4.78, 5) is 21.0. The minimum Gasteiger partial charge on any atom is -0.549 e. The molecule has 1 aromatic rings. The fourth-order valence-electron chi connectivity index (χ4n) is 1.05. The molecule has 6 heteroatoms. The molecule has 0 N–H and O–H groups in total. The van der Waals surface area contributed by atoms with Crippen LogP contribution in [-0.2, 0) is 10.5 Å². The average Bonchev–Trinajstić information content (AvgIpc) is 2.56. The van der Waals surface area contributed by atoms with Gasteiger partial charge in [-0.05, 0) is 19.9 Å². The van der Waals surface area contributed by atoms with E-state index >= 15 is 0 Å². The molecule has 16 heavy (non-hydrogen) atoms. The Kier molecular flexibility index (Phi) is 4.00. The van der Waals surface area contributed by atoms with Crippen LogP contribution in [0.15, 0.2) is 10.5 Å². The molecule has 1 atom stereocenters. The van der Waals surface area contributed by atoms with Crippen LogP contribution < -0.4 is 10.2 Å². The number of carboxylic acid groups (broad SMARTS) is 2. The highest BCUT2D eigenvalue weighted by Gasteiger charge is 2.10. The topological polar surface area (TPSA) is 93.4 Å². The molecule has 0 radical (unpaired) electrons. The molecule has 0 aliphatic rings. The summed E-state index contributed by atoms with van der Waals surface area (Å²) in [5.41, 5.74) is 0.650. The van der Waals surface area contributed by atoms with Crippen molar-refractivity contribution in [2.45, 2.75) is 24.9 Å². The number of hydrogen-bond donors (Lipinski definition) is 0. The summed E-state index contributed by atoms with van der Waals surface area (Å²) < 4.78 is 4.93. The Hall–Kier alpha value is -1.43. The first kappa shape index (κ1) is 12.6. The first-order chi connectivity index (χ1) is 7.41. The lowest BCUT2D eigenvalue weighted by molar-refractivity contribution is -0.304. The fourth-order valence-corrected chi connectivity index (χ4v) is 1.90. The molecule has 1 heterocycles. The molecule has 0 bridgehead atoms. The van der Waals surface area contributed by atoms with E-state index in [9.17, 15) is 19.8 Å². The summed E-state index contributed by atoms with van der Waals surface area (Å²) in [6.07, 6.45) is 0. The number of rotatable bonds is 5. The number of aromatic carboxylic acids is 1. The minimum absolute atomic E-state index is 0.241. The van der Waals surface area contributed by atoms with Crippen molar-refractivity contribution >= 4 is 23.7 Å². The Bertz CT molecular complexity index is 409. The summed E-state index contributed by atoms with van der Waals surface area (Å²) in [7, 11) is 0. The molecule has 0 aliphatic carbocycles. The number of aliphatic carboxylic acids is 1. The molecule has 0 amide bonds. The molecule has 0 spiro atoms. The average molecular weight is 242 g/mol. The van der Waals surface area contributed by atoms with Crippen LogP contribution in [-0.4, -0.2) is 17.2 Å². The van der Waals surface area contributed by atoms with Crippen LogP contribution in [0.3, 0.4) is 0 Å². The van der Waals surface area contributed by atoms with Crippen LogP contribution in [0.25, 0.3) is 0 Å². The molecule has 1 rings (SSSR count). The smallest absolute Gasteiger partial charge is 0.150 e. The molecule has 88 valence electrons. The number of carboxylic acids is 2. The molecule has 0 unspecified atom stereocenters. The van der Waals surface area contributed by atoms with Crippen LogP contribution in [0.4, 0.5) is 0 Å². The highest BCUT2D eigenvalue weighted by atomic mass is 32.2. The summed E-state index contributed by atoms with van der Waals surface area (Å²) in [6.45, 7) is 3.13. The minimum atomic E-state index is -1.38. The standard InChI is InChI=1S/C10H12O5S/c1-5-7(3-8(15-5)10(13)14)4-16-6(2)9(11)12/h3,6H,4H2,1-2H3,(H,11,12)(H,13,14)/p-2/t6-/m1/s1. The zero-order valence-electron chi connectivity index (χ0n) is 8.81. The van der Waals surface area contributed by atoms with Gasteiger partial charge in [-0.15, -0.1) is 11.8 Å². The number of hydrogen-bond acceptors (Lipinski definition) is 6. The van der Waals surface area contributed by atoms with Crippen molar-refractivity contribution in [3.63, 3.8) is 0 Å². The second-order valence-electron chi connectivity index (χ2n) is 3.25. The van der Waals surface area contributed by atoms with Gasteiger partial charge in [0.15, 0.2) is 0 Å². The quantitative estimate of drug-likeness (QED) is 0.679. The summed E-state index contributed by atoms with van der Waals surface area (Å²) in [5, 5.41) is 20.3. The van der Waals surface area contributed by atoms with E-state index in [0.717, 1.165) is 11.8 Å². The van der Waals surface area contributed by atoms with E-state index in [1.54, 1.807) is 6.92 Å². The first-order valence-electron chi connectivity index (χ1n) is 4.55. The van der Waals surface area contributed by atoms with Crippen molar-refractivity contribution in [2.75, 3.05) is 0 Å². The number of furan rings is 1. The molecular weight excluding hydrogens is 232 g/mol. The number of thioether (sulfide) groups is 1. The number of carbonyl (C=O) groups is 2. The van der Waals surface area contributed by atoms with Crippen LogP contribution in [0.2, 0.25) is 0 Å². The lowest BCUT2D eigenvalue weighted by Gasteiger charge is -2.10. The van der Waals surface area contributed by atoms with Gasteiger partial charge >= 0.3 is 0 Å². The van der Waals surface area contributed by atoms with Gasteiger partial charge in [0.05, 0.1) is 5.97 Å². The van der Waals surface area contributed by atoms with Gasteiger partial charge in [0.2, 0.25) is 0 Å². The molecule has 0 aromatic carbocycles. The van der Waals surface area contributed by atoms with Crippen molar-refractivity contribution in [1.82, 2.24) is 0 Å². The molecule has 0 fully saturated rings. The second-order valence-corrected chi connectivity index (χ2v) is 4.58. The molecule has 1 aromatic heterocycles. The Balaban J connectivity index is 2.67. The van der Waals surface area contributed by atoms with E-state index in [1.165, 1.54) is 13.0 Å². The summed E-state index contributed by atoms with van der Waals surface area (Å²) >= 11 is 1.14. The normalized spacial score (nSPS) is 12.4. The van der Waals surface area contributed by atoms with Gasteiger partial charge in [-0.1, -0.05) is 0 Å². The maximum absolute atomic E-state index is 10.5.